The van der Waals surface area contributed by atoms with Crippen LogP contribution >= 0.6 is 0 Å². The quantitative estimate of drug-likeness (QED) is 0.699. The second kappa shape index (κ2) is 5.10. The lowest BCUT2D eigenvalue weighted by Gasteiger charge is -2.12. The Morgan fingerprint density at radius 3 is 2.41 bits per heavy atom. The predicted molar refractivity (Wildman–Crippen MR) is 81.7 cm³/mol. The van der Waals surface area contributed by atoms with Gasteiger partial charge in [0.15, 0.2) is 11.2 Å². The van der Waals surface area contributed by atoms with Gasteiger partial charge in [-0.05, 0) is 19.1 Å². The SMILES string of the molecule is COc1nc2c(nc1C)c(=O)n(C)c(=O)n2-c1ccccc1. The summed E-state index contributed by atoms with van der Waals surface area (Å²) in [5.41, 5.74) is 0.444. The molecule has 22 heavy (non-hydrogen) atoms. The molecule has 112 valence electrons. The monoisotopic (exact) mass is 298 g/mol. The number of hydrogen-bond acceptors (Lipinski definition) is 5. The Bertz CT molecular complexity index is 974. The number of aromatic nitrogens is 4. The summed E-state index contributed by atoms with van der Waals surface area (Å²) in [7, 11) is 2.89. The highest BCUT2D eigenvalue weighted by Gasteiger charge is 2.17. The van der Waals surface area contributed by atoms with E-state index in [-0.39, 0.29) is 17.0 Å². The zero-order chi connectivity index (χ0) is 15.9. The number of nitrogens with zero attached hydrogens (tertiary/aromatic N) is 4. The third kappa shape index (κ3) is 1.98. The molecule has 0 saturated carbocycles. The van der Waals surface area contributed by atoms with Gasteiger partial charge in [0.25, 0.3) is 5.56 Å². The van der Waals surface area contributed by atoms with Gasteiger partial charge in [-0.2, -0.15) is 4.98 Å². The molecule has 0 amide bonds. The molecule has 1 aromatic carbocycles. The average molecular weight is 298 g/mol. The van der Waals surface area contributed by atoms with Crippen LogP contribution in [0.25, 0.3) is 16.9 Å². The van der Waals surface area contributed by atoms with Crippen LogP contribution in [0, 0.1) is 6.92 Å². The van der Waals surface area contributed by atoms with Gasteiger partial charge in [-0.25, -0.2) is 14.3 Å². The maximum absolute atomic E-state index is 12.5. The Morgan fingerprint density at radius 2 is 1.77 bits per heavy atom. The molecule has 2 aromatic heterocycles. The van der Waals surface area contributed by atoms with E-state index >= 15 is 0 Å². The van der Waals surface area contributed by atoms with E-state index in [4.69, 9.17) is 4.74 Å². The Morgan fingerprint density at radius 1 is 1.09 bits per heavy atom. The first-order chi connectivity index (χ1) is 10.5. The van der Waals surface area contributed by atoms with Crippen molar-refractivity contribution in [1.29, 1.82) is 0 Å². The van der Waals surface area contributed by atoms with Gasteiger partial charge in [0.2, 0.25) is 5.88 Å². The Hall–Kier alpha value is -2.96. The van der Waals surface area contributed by atoms with Gasteiger partial charge < -0.3 is 4.74 Å². The number of para-hydroxylation sites is 1. The standard InChI is InChI=1S/C15H14N4O3/c1-9-13(22-3)17-12-11(16-9)14(20)18(2)15(21)19(12)10-7-5-4-6-8-10/h4-8H,1-3H3. The molecule has 3 aromatic rings. The van der Waals surface area contributed by atoms with Gasteiger partial charge in [0.05, 0.1) is 12.8 Å². The lowest BCUT2D eigenvalue weighted by molar-refractivity contribution is 0.393. The van der Waals surface area contributed by atoms with E-state index in [1.807, 2.05) is 6.07 Å². The van der Waals surface area contributed by atoms with Crippen LogP contribution in [0.3, 0.4) is 0 Å². The summed E-state index contributed by atoms with van der Waals surface area (Å²) in [6.07, 6.45) is 0. The number of ether oxygens (including phenoxy) is 1. The van der Waals surface area contributed by atoms with Crippen LogP contribution in [0.15, 0.2) is 39.9 Å². The topological polar surface area (TPSA) is 79.0 Å². The van der Waals surface area contributed by atoms with E-state index in [0.717, 1.165) is 4.57 Å². The largest absolute Gasteiger partial charge is 0.480 e. The van der Waals surface area contributed by atoms with Gasteiger partial charge >= 0.3 is 5.69 Å². The molecule has 0 atom stereocenters. The van der Waals surface area contributed by atoms with Crippen molar-refractivity contribution in [2.45, 2.75) is 6.92 Å². The Kier molecular flexibility index (Phi) is 3.25. The summed E-state index contributed by atoms with van der Waals surface area (Å²) < 4.78 is 7.53. The second-order valence-corrected chi connectivity index (χ2v) is 4.81. The third-order valence-electron chi connectivity index (χ3n) is 3.41. The fraction of sp³-hybridized carbons (Fsp3) is 0.200. The first kappa shape index (κ1) is 14.0. The molecular formula is C15H14N4O3. The van der Waals surface area contributed by atoms with Gasteiger partial charge in [-0.1, -0.05) is 18.2 Å². The van der Waals surface area contributed by atoms with Crippen molar-refractivity contribution in [3.05, 3.63) is 56.9 Å². The van der Waals surface area contributed by atoms with Crippen molar-refractivity contribution >= 4 is 11.2 Å². The van der Waals surface area contributed by atoms with Gasteiger partial charge in [0.1, 0.15) is 5.69 Å². The number of aryl methyl sites for hydroxylation is 1. The molecule has 7 heteroatoms. The fourth-order valence-electron chi connectivity index (χ4n) is 2.28. The summed E-state index contributed by atoms with van der Waals surface area (Å²) in [5.74, 6) is 0.282. The van der Waals surface area contributed by atoms with E-state index < -0.39 is 11.2 Å². The zero-order valence-electron chi connectivity index (χ0n) is 12.4. The fourth-order valence-corrected chi connectivity index (χ4v) is 2.28. The van der Waals surface area contributed by atoms with Crippen molar-refractivity contribution in [2.24, 2.45) is 7.05 Å². The predicted octanol–water partition coefficient (Wildman–Crippen LogP) is 0.796. The average Bonchev–Trinajstić information content (AvgIpc) is 2.54. The lowest BCUT2D eigenvalue weighted by Crippen LogP contribution is -2.38. The van der Waals surface area contributed by atoms with Crippen molar-refractivity contribution in [1.82, 2.24) is 19.1 Å². The van der Waals surface area contributed by atoms with Crippen LogP contribution in [-0.4, -0.2) is 26.2 Å². The summed E-state index contributed by atoms with van der Waals surface area (Å²) in [5, 5.41) is 0. The molecule has 0 spiro atoms. The molecule has 7 nitrogen and oxygen atoms in total. The van der Waals surface area contributed by atoms with Gasteiger partial charge in [-0.3, -0.25) is 9.36 Å². The van der Waals surface area contributed by atoms with Crippen molar-refractivity contribution in [3.8, 4) is 11.6 Å². The van der Waals surface area contributed by atoms with Gasteiger partial charge in [0, 0.05) is 7.05 Å². The highest BCUT2D eigenvalue weighted by molar-refractivity contribution is 5.72. The summed E-state index contributed by atoms with van der Waals surface area (Å²) in [4.78, 5) is 33.3. The first-order valence-corrected chi connectivity index (χ1v) is 6.64. The van der Waals surface area contributed by atoms with E-state index in [2.05, 4.69) is 9.97 Å². The summed E-state index contributed by atoms with van der Waals surface area (Å²) in [6.45, 7) is 1.70. The lowest BCUT2D eigenvalue weighted by atomic mass is 10.3. The number of rotatable bonds is 2. The van der Waals surface area contributed by atoms with Gasteiger partial charge in [-0.15, -0.1) is 0 Å². The summed E-state index contributed by atoms with van der Waals surface area (Å²) >= 11 is 0. The molecule has 0 aliphatic rings. The maximum atomic E-state index is 12.5. The number of fused-ring (bicyclic) bond motifs is 1. The molecule has 2 heterocycles. The Labute approximate surface area is 125 Å². The molecule has 0 radical (unpaired) electrons. The minimum absolute atomic E-state index is 0.129. The van der Waals surface area contributed by atoms with Crippen LogP contribution in [0.4, 0.5) is 0 Å². The highest BCUT2D eigenvalue weighted by Crippen LogP contribution is 2.17. The number of benzene rings is 1. The minimum atomic E-state index is -0.482. The number of hydrogen-bond donors (Lipinski definition) is 0. The zero-order valence-corrected chi connectivity index (χ0v) is 12.4. The maximum Gasteiger partial charge on any atom is 0.337 e. The van der Waals surface area contributed by atoms with Crippen LogP contribution < -0.4 is 16.0 Å². The van der Waals surface area contributed by atoms with E-state index in [1.165, 1.54) is 18.7 Å². The Balaban J connectivity index is 2.55. The molecule has 0 bridgehead atoms. The number of methoxy groups -OCH3 is 1. The van der Waals surface area contributed by atoms with Crippen LogP contribution in [0.5, 0.6) is 5.88 Å². The highest BCUT2D eigenvalue weighted by atomic mass is 16.5. The molecule has 0 aliphatic heterocycles. The van der Waals surface area contributed by atoms with Crippen LogP contribution in [0.2, 0.25) is 0 Å². The van der Waals surface area contributed by atoms with Crippen molar-refractivity contribution < 1.29 is 4.74 Å². The first-order valence-electron chi connectivity index (χ1n) is 6.64. The molecule has 0 unspecified atom stereocenters. The summed E-state index contributed by atoms with van der Waals surface area (Å²) in [6, 6.07) is 8.98. The molecule has 0 aliphatic carbocycles. The van der Waals surface area contributed by atoms with Crippen LogP contribution in [0.1, 0.15) is 5.69 Å². The van der Waals surface area contributed by atoms with E-state index in [1.54, 1.807) is 31.2 Å². The third-order valence-corrected chi connectivity index (χ3v) is 3.41. The van der Waals surface area contributed by atoms with Crippen molar-refractivity contribution in [2.75, 3.05) is 7.11 Å². The molecule has 3 rings (SSSR count). The van der Waals surface area contributed by atoms with Crippen LogP contribution in [-0.2, 0) is 7.05 Å². The molecule has 0 fully saturated rings. The molecular weight excluding hydrogens is 284 g/mol. The molecule has 0 N–H and O–H groups in total. The minimum Gasteiger partial charge on any atom is -0.480 e. The second-order valence-electron chi connectivity index (χ2n) is 4.81. The smallest absolute Gasteiger partial charge is 0.337 e. The normalized spacial score (nSPS) is 10.9. The van der Waals surface area contributed by atoms with Crippen molar-refractivity contribution in [3.63, 3.8) is 0 Å². The molecule has 0 saturated heterocycles. The van der Waals surface area contributed by atoms with E-state index in [0.29, 0.717) is 11.4 Å². The van der Waals surface area contributed by atoms with E-state index in [9.17, 15) is 9.59 Å².